The number of likely N-dealkylation sites (tertiary alicyclic amines) is 1. The first-order valence-electron chi connectivity index (χ1n) is 9.45. The molecule has 6 nitrogen and oxygen atoms in total. The van der Waals surface area contributed by atoms with Crippen molar-refractivity contribution in [3.05, 3.63) is 41.5 Å². The van der Waals surface area contributed by atoms with E-state index in [9.17, 15) is 4.79 Å². The van der Waals surface area contributed by atoms with Gasteiger partial charge in [-0.15, -0.1) is 0 Å². The van der Waals surface area contributed by atoms with Gasteiger partial charge in [-0.3, -0.25) is 4.79 Å². The molecule has 2 fully saturated rings. The zero-order valence-corrected chi connectivity index (χ0v) is 15.2. The first-order valence-corrected chi connectivity index (χ1v) is 9.45. The van der Waals surface area contributed by atoms with E-state index >= 15 is 0 Å². The number of amides is 1. The van der Waals surface area contributed by atoms with Crippen LogP contribution in [0.1, 0.15) is 55.3 Å². The molecule has 0 N–H and O–H groups in total. The minimum absolute atomic E-state index is 0.0123. The number of carbonyl (C=O) groups excluding carboxylic acids is 1. The zero-order chi connectivity index (χ0) is 17.9. The Balaban J connectivity index is 1.40. The lowest BCUT2D eigenvalue weighted by atomic mass is 10.0. The normalized spacial score (nSPS) is 20.9. The smallest absolute Gasteiger partial charge is 0.226 e. The quantitative estimate of drug-likeness (QED) is 0.795. The minimum atomic E-state index is 0.0123. The topological polar surface area (TPSA) is 68.5 Å². The summed E-state index contributed by atoms with van der Waals surface area (Å²) in [6.45, 7) is 1.17. The van der Waals surface area contributed by atoms with Crippen molar-refractivity contribution in [1.29, 1.82) is 0 Å². The summed E-state index contributed by atoms with van der Waals surface area (Å²) in [5.74, 6) is 3.02. The van der Waals surface area contributed by atoms with Gasteiger partial charge in [-0.1, -0.05) is 36.2 Å². The lowest BCUT2D eigenvalue weighted by Crippen LogP contribution is -2.24. The predicted octanol–water partition coefficient (Wildman–Crippen LogP) is 3.33. The van der Waals surface area contributed by atoms with Crippen molar-refractivity contribution >= 4 is 5.91 Å². The number of para-hydroxylation sites is 1. The third-order valence-corrected chi connectivity index (χ3v) is 5.56. The molecule has 1 saturated heterocycles. The Hall–Kier alpha value is -2.37. The summed E-state index contributed by atoms with van der Waals surface area (Å²) >= 11 is 0. The summed E-state index contributed by atoms with van der Waals surface area (Å²) in [5, 5.41) is 4.16. The molecule has 138 valence electrons. The fraction of sp³-hybridized carbons (Fsp3) is 0.550. The number of aromatic nitrogens is 2. The highest BCUT2D eigenvalue weighted by molar-refractivity contribution is 5.79. The maximum atomic E-state index is 12.4. The van der Waals surface area contributed by atoms with Crippen LogP contribution in [0.3, 0.4) is 0 Å². The van der Waals surface area contributed by atoms with Gasteiger partial charge in [0.25, 0.3) is 0 Å². The maximum absolute atomic E-state index is 12.4. The Kier molecular flexibility index (Phi) is 4.91. The Morgan fingerprint density at radius 1 is 1.27 bits per heavy atom. The van der Waals surface area contributed by atoms with Crippen LogP contribution in [0.4, 0.5) is 0 Å². The number of hydrogen-bond donors (Lipinski definition) is 0. The van der Waals surface area contributed by atoms with Crippen molar-refractivity contribution in [3.8, 4) is 5.75 Å². The van der Waals surface area contributed by atoms with Crippen LogP contribution in [0.25, 0.3) is 0 Å². The molecule has 1 aliphatic heterocycles. The highest BCUT2D eigenvalue weighted by atomic mass is 16.5. The summed E-state index contributed by atoms with van der Waals surface area (Å²) in [7, 11) is 1.65. The fourth-order valence-corrected chi connectivity index (χ4v) is 4.12. The van der Waals surface area contributed by atoms with Gasteiger partial charge in [-0.25, -0.2) is 0 Å². The van der Waals surface area contributed by atoms with Gasteiger partial charge in [-0.05, 0) is 24.8 Å². The zero-order valence-electron chi connectivity index (χ0n) is 15.2. The Labute approximate surface area is 153 Å². The molecule has 4 rings (SSSR count). The van der Waals surface area contributed by atoms with Crippen molar-refractivity contribution in [3.63, 3.8) is 0 Å². The van der Waals surface area contributed by atoms with E-state index in [4.69, 9.17) is 9.26 Å². The second-order valence-corrected chi connectivity index (χ2v) is 7.39. The van der Waals surface area contributed by atoms with Crippen LogP contribution in [-0.4, -0.2) is 34.6 Å². The van der Waals surface area contributed by atoms with Crippen molar-refractivity contribution < 1.29 is 14.1 Å². The van der Waals surface area contributed by atoms with Crippen molar-refractivity contribution in [2.24, 2.45) is 5.92 Å². The first kappa shape index (κ1) is 17.1. The highest BCUT2D eigenvalue weighted by Gasteiger charge is 2.34. The molecule has 1 aromatic carbocycles. The van der Waals surface area contributed by atoms with Crippen LogP contribution in [-0.2, 0) is 17.8 Å². The number of ether oxygens (including phenoxy) is 1. The summed E-state index contributed by atoms with van der Waals surface area (Å²) in [6, 6.07) is 7.81. The number of carbonyl (C=O) groups is 1. The molecule has 1 unspecified atom stereocenters. The molecule has 0 spiro atoms. The number of hydrogen-bond acceptors (Lipinski definition) is 5. The van der Waals surface area contributed by atoms with Gasteiger partial charge >= 0.3 is 0 Å². The Bertz CT molecular complexity index is 767. The number of methoxy groups -OCH3 is 1. The van der Waals surface area contributed by atoms with E-state index in [0.717, 1.165) is 23.6 Å². The second kappa shape index (κ2) is 7.48. The van der Waals surface area contributed by atoms with Gasteiger partial charge in [0.05, 0.1) is 7.11 Å². The van der Waals surface area contributed by atoms with Gasteiger partial charge in [0.15, 0.2) is 5.82 Å². The lowest BCUT2D eigenvalue weighted by Gasteiger charge is -2.17. The van der Waals surface area contributed by atoms with Gasteiger partial charge < -0.3 is 14.2 Å². The largest absolute Gasteiger partial charge is 0.496 e. The molecule has 0 radical (unpaired) electrons. The molecule has 1 atom stereocenters. The molecule has 2 aromatic rings. The van der Waals surface area contributed by atoms with E-state index in [1.165, 1.54) is 25.7 Å². The van der Waals surface area contributed by atoms with E-state index in [0.29, 0.717) is 31.3 Å². The molecule has 2 aliphatic rings. The van der Waals surface area contributed by atoms with Gasteiger partial charge in [-0.2, -0.15) is 4.98 Å². The van der Waals surface area contributed by atoms with Crippen molar-refractivity contribution in [2.75, 3.05) is 13.7 Å². The second-order valence-electron chi connectivity index (χ2n) is 7.39. The molecular weight excluding hydrogens is 330 g/mol. The van der Waals surface area contributed by atoms with Crippen LogP contribution >= 0.6 is 0 Å². The summed E-state index contributed by atoms with van der Waals surface area (Å²) in [6.07, 6.45) is 6.44. The first-order chi connectivity index (χ1) is 12.7. The third kappa shape index (κ3) is 3.59. The van der Waals surface area contributed by atoms with Crippen molar-refractivity contribution in [2.45, 2.75) is 51.0 Å². The summed E-state index contributed by atoms with van der Waals surface area (Å²) < 4.78 is 10.8. The average molecular weight is 355 g/mol. The summed E-state index contributed by atoms with van der Waals surface area (Å²) in [5.41, 5.74) is 1.01. The molecule has 0 bridgehead atoms. The average Bonchev–Trinajstić information content (AvgIpc) is 3.39. The van der Waals surface area contributed by atoms with E-state index in [1.54, 1.807) is 7.11 Å². The van der Waals surface area contributed by atoms with E-state index in [-0.39, 0.29) is 11.8 Å². The molecule has 1 aromatic heterocycles. The number of benzene rings is 1. The highest BCUT2D eigenvalue weighted by Crippen LogP contribution is 2.31. The molecule has 6 heteroatoms. The van der Waals surface area contributed by atoms with Crippen LogP contribution in [0.2, 0.25) is 0 Å². The van der Waals surface area contributed by atoms with E-state index < -0.39 is 0 Å². The predicted molar refractivity (Wildman–Crippen MR) is 95.7 cm³/mol. The fourth-order valence-electron chi connectivity index (χ4n) is 4.12. The van der Waals surface area contributed by atoms with Crippen LogP contribution < -0.4 is 4.74 Å². The van der Waals surface area contributed by atoms with Crippen LogP contribution in [0, 0.1) is 5.92 Å². The Morgan fingerprint density at radius 3 is 2.88 bits per heavy atom. The minimum Gasteiger partial charge on any atom is -0.496 e. The van der Waals surface area contributed by atoms with Gasteiger partial charge in [0.1, 0.15) is 5.75 Å². The van der Waals surface area contributed by atoms with Gasteiger partial charge in [0.2, 0.25) is 11.8 Å². The molecule has 26 heavy (non-hydrogen) atoms. The third-order valence-electron chi connectivity index (χ3n) is 5.56. The molecular formula is C20H25N3O3. The molecule has 1 saturated carbocycles. The Morgan fingerprint density at radius 2 is 2.08 bits per heavy atom. The SMILES string of the molecule is COc1ccccc1CN1CC(c2noc(CC3CCCC3)n2)CC1=O. The van der Waals surface area contributed by atoms with E-state index in [2.05, 4.69) is 10.1 Å². The monoisotopic (exact) mass is 355 g/mol. The number of rotatable bonds is 6. The van der Waals surface area contributed by atoms with Crippen molar-refractivity contribution in [1.82, 2.24) is 15.0 Å². The van der Waals surface area contributed by atoms with Crippen LogP contribution in [0.15, 0.2) is 28.8 Å². The number of nitrogens with zero attached hydrogens (tertiary/aromatic N) is 3. The maximum Gasteiger partial charge on any atom is 0.226 e. The standard InChI is InChI=1S/C20H25N3O3/c1-25-17-9-5-4-8-15(17)12-23-13-16(11-19(23)24)20-21-18(26-22-20)10-14-6-2-3-7-14/h4-5,8-9,14,16H,2-3,6-7,10-13H2,1H3. The molecule has 1 amide bonds. The molecule has 2 heterocycles. The van der Waals surface area contributed by atoms with Crippen LogP contribution in [0.5, 0.6) is 5.75 Å². The summed E-state index contributed by atoms with van der Waals surface area (Å²) in [4.78, 5) is 18.9. The van der Waals surface area contributed by atoms with E-state index in [1.807, 2.05) is 29.2 Å². The van der Waals surface area contributed by atoms with Gasteiger partial charge in [0, 0.05) is 37.4 Å². The lowest BCUT2D eigenvalue weighted by molar-refractivity contribution is -0.128. The molecule has 1 aliphatic carbocycles.